The third-order valence-electron chi connectivity index (χ3n) is 5.02. The van der Waals surface area contributed by atoms with Crippen molar-refractivity contribution in [2.24, 2.45) is 0 Å². The Labute approximate surface area is 183 Å². The Bertz CT molecular complexity index is 1120. The van der Waals surface area contributed by atoms with E-state index in [0.29, 0.717) is 36.0 Å². The number of hydrogen-bond donors (Lipinski definition) is 2. The second-order valence-corrected chi connectivity index (χ2v) is 7.96. The summed E-state index contributed by atoms with van der Waals surface area (Å²) in [6.07, 6.45) is 4.54. The van der Waals surface area contributed by atoms with Crippen LogP contribution in [0, 0.1) is 0 Å². The van der Waals surface area contributed by atoms with Gasteiger partial charge in [-0.1, -0.05) is 35.3 Å². The van der Waals surface area contributed by atoms with Crippen molar-refractivity contribution in [2.75, 3.05) is 6.54 Å². The number of aromatic amines is 1. The first-order valence-electron chi connectivity index (χ1n) is 9.57. The molecule has 0 unspecified atom stereocenters. The third-order valence-corrected chi connectivity index (χ3v) is 5.51. The second-order valence-electron chi connectivity index (χ2n) is 7.09. The summed E-state index contributed by atoms with van der Waals surface area (Å²) in [7, 11) is 0. The molecular weight excluding hydrogens is 423 g/mol. The molecule has 0 spiro atoms. The van der Waals surface area contributed by atoms with Gasteiger partial charge in [-0.3, -0.25) is 4.79 Å². The summed E-state index contributed by atoms with van der Waals surface area (Å²) in [5.74, 6) is -0.0986. The molecule has 0 aliphatic heterocycles. The third kappa shape index (κ3) is 4.98. The Morgan fingerprint density at radius 1 is 1.13 bits per heavy atom. The van der Waals surface area contributed by atoms with Gasteiger partial charge in [0.1, 0.15) is 6.33 Å². The maximum atomic E-state index is 12.6. The van der Waals surface area contributed by atoms with Gasteiger partial charge >= 0.3 is 0 Å². The minimum atomic E-state index is -0.0716. The number of halogens is 2. The molecule has 7 nitrogen and oxygen atoms in total. The number of aromatic nitrogens is 5. The molecule has 30 heavy (non-hydrogen) atoms. The molecule has 0 radical (unpaired) electrons. The van der Waals surface area contributed by atoms with Gasteiger partial charge in [0.2, 0.25) is 5.91 Å². The van der Waals surface area contributed by atoms with Crippen LogP contribution in [-0.2, 0) is 17.8 Å². The van der Waals surface area contributed by atoms with Crippen LogP contribution in [0.2, 0.25) is 10.0 Å². The van der Waals surface area contributed by atoms with E-state index in [0.717, 1.165) is 22.0 Å². The molecule has 0 aliphatic carbocycles. The predicted octanol–water partition coefficient (Wildman–Crippen LogP) is 3.99. The van der Waals surface area contributed by atoms with E-state index in [9.17, 15) is 4.79 Å². The van der Waals surface area contributed by atoms with Gasteiger partial charge in [-0.2, -0.15) is 0 Å². The number of tetrazole rings is 1. The van der Waals surface area contributed by atoms with Crippen molar-refractivity contribution in [2.45, 2.75) is 25.3 Å². The van der Waals surface area contributed by atoms with Crippen LogP contribution in [0.3, 0.4) is 0 Å². The lowest BCUT2D eigenvalue weighted by molar-refractivity contribution is -0.121. The standard InChI is InChI=1S/C21H20Cl2N6O/c22-17-3-1-14(2-4-17)16(12-29-13-26-27-28-29)9-21(30)24-8-7-15-11-25-20-6-5-18(23)10-19(15)20/h1-6,10-11,13,16,25H,7-9,12H2,(H,24,30)/t16-/m1/s1. The first kappa shape index (κ1) is 20.4. The topological polar surface area (TPSA) is 88.5 Å². The Balaban J connectivity index is 1.38. The van der Waals surface area contributed by atoms with Crippen molar-refractivity contribution in [1.82, 2.24) is 30.5 Å². The molecule has 2 N–H and O–H groups in total. The van der Waals surface area contributed by atoms with Crippen molar-refractivity contribution >= 4 is 40.0 Å². The van der Waals surface area contributed by atoms with Gasteiger partial charge in [-0.05, 0) is 58.3 Å². The van der Waals surface area contributed by atoms with Crippen molar-refractivity contribution in [3.8, 4) is 0 Å². The van der Waals surface area contributed by atoms with Crippen LogP contribution in [0.4, 0.5) is 0 Å². The van der Waals surface area contributed by atoms with E-state index in [2.05, 4.69) is 25.8 Å². The Morgan fingerprint density at radius 3 is 2.70 bits per heavy atom. The van der Waals surface area contributed by atoms with Crippen molar-refractivity contribution in [1.29, 1.82) is 0 Å². The minimum absolute atomic E-state index is 0.0269. The number of carbonyl (C=O) groups excluding carboxylic acids is 1. The fourth-order valence-electron chi connectivity index (χ4n) is 3.50. The highest BCUT2D eigenvalue weighted by molar-refractivity contribution is 6.31. The normalized spacial score (nSPS) is 12.2. The fraction of sp³-hybridized carbons (Fsp3) is 0.238. The lowest BCUT2D eigenvalue weighted by Gasteiger charge is -2.17. The van der Waals surface area contributed by atoms with E-state index in [-0.39, 0.29) is 11.8 Å². The number of amides is 1. The number of nitrogens with one attached hydrogen (secondary N) is 2. The first-order chi connectivity index (χ1) is 14.6. The smallest absolute Gasteiger partial charge is 0.220 e. The molecule has 154 valence electrons. The molecule has 0 saturated heterocycles. The van der Waals surface area contributed by atoms with Crippen LogP contribution < -0.4 is 5.32 Å². The van der Waals surface area contributed by atoms with Crippen LogP contribution in [0.1, 0.15) is 23.5 Å². The number of benzene rings is 2. The van der Waals surface area contributed by atoms with Gasteiger partial charge in [0.15, 0.2) is 0 Å². The number of H-pyrrole nitrogens is 1. The Hall–Kier alpha value is -2.90. The van der Waals surface area contributed by atoms with E-state index in [1.54, 1.807) is 11.0 Å². The average Bonchev–Trinajstić information content (AvgIpc) is 3.38. The van der Waals surface area contributed by atoms with Gasteiger partial charge < -0.3 is 10.3 Å². The molecule has 2 heterocycles. The summed E-state index contributed by atoms with van der Waals surface area (Å²) in [6.45, 7) is 1.04. The SMILES string of the molecule is O=C(C[C@H](Cn1cnnn1)c1ccc(Cl)cc1)NCCc1c[nH]c2ccc(Cl)cc12. The maximum absolute atomic E-state index is 12.6. The van der Waals surface area contributed by atoms with Crippen molar-refractivity contribution in [3.63, 3.8) is 0 Å². The quantitative estimate of drug-likeness (QED) is 0.431. The molecule has 0 bridgehead atoms. The molecule has 0 aliphatic rings. The first-order valence-corrected chi connectivity index (χ1v) is 10.3. The van der Waals surface area contributed by atoms with Crippen LogP contribution in [-0.4, -0.2) is 37.6 Å². The molecule has 0 saturated carbocycles. The number of rotatable bonds is 8. The van der Waals surface area contributed by atoms with Crippen molar-refractivity contribution in [3.05, 3.63) is 76.2 Å². The van der Waals surface area contributed by atoms with Crippen LogP contribution in [0.25, 0.3) is 10.9 Å². The summed E-state index contributed by atoms with van der Waals surface area (Å²) in [5.41, 5.74) is 3.16. The van der Waals surface area contributed by atoms with Gasteiger partial charge in [0, 0.05) is 46.0 Å². The van der Waals surface area contributed by atoms with E-state index >= 15 is 0 Å². The highest BCUT2D eigenvalue weighted by atomic mass is 35.5. The zero-order valence-corrected chi connectivity index (χ0v) is 17.6. The maximum Gasteiger partial charge on any atom is 0.220 e. The second kappa shape index (κ2) is 9.28. The van der Waals surface area contributed by atoms with Crippen molar-refractivity contribution < 1.29 is 4.79 Å². The number of carbonyl (C=O) groups is 1. The molecular formula is C21H20Cl2N6O. The zero-order chi connectivity index (χ0) is 20.9. The average molecular weight is 443 g/mol. The fourth-order valence-corrected chi connectivity index (χ4v) is 3.80. The summed E-state index contributed by atoms with van der Waals surface area (Å²) >= 11 is 12.1. The van der Waals surface area contributed by atoms with Gasteiger partial charge in [-0.15, -0.1) is 5.10 Å². The van der Waals surface area contributed by atoms with Crippen LogP contribution in [0.5, 0.6) is 0 Å². The van der Waals surface area contributed by atoms with E-state index < -0.39 is 0 Å². The van der Waals surface area contributed by atoms with Gasteiger partial charge in [-0.25, -0.2) is 4.68 Å². The highest BCUT2D eigenvalue weighted by Gasteiger charge is 2.18. The molecule has 0 fully saturated rings. The minimum Gasteiger partial charge on any atom is -0.361 e. The van der Waals surface area contributed by atoms with Gasteiger partial charge in [0.05, 0.1) is 6.54 Å². The molecule has 1 atom stereocenters. The van der Waals surface area contributed by atoms with Crippen LogP contribution >= 0.6 is 23.2 Å². The summed E-state index contributed by atoms with van der Waals surface area (Å²) in [5, 5.41) is 16.7. The van der Waals surface area contributed by atoms with E-state index in [1.165, 1.54) is 0 Å². The van der Waals surface area contributed by atoms with Crippen LogP contribution in [0.15, 0.2) is 55.0 Å². The number of nitrogens with zero attached hydrogens (tertiary/aromatic N) is 4. The predicted molar refractivity (Wildman–Crippen MR) is 117 cm³/mol. The summed E-state index contributed by atoms with van der Waals surface area (Å²) < 4.78 is 1.63. The monoisotopic (exact) mass is 442 g/mol. The Morgan fingerprint density at radius 2 is 1.93 bits per heavy atom. The molecule has 2 aromatic heterocycles. The lowest BCUT2D eigenvalue weighted by Crippen LogP contribution is -2.28. The number of fused-ring (bicyclic) bond motifs is 1. The largest absolute Gasteiger partial charge is 0.361 e. The summed E-state index contributed by atoms with van der Waals surface area (Å²) in [4.78, 5) is 15.9. The van der Waals surface area contributed by atoms with Gasteiger partial charge in [0.25, 0.3) is 0 Å². The number of hydrogen-bond acceptors (Lipinski definition) is 4. The molecule has 1 amide bonds. The van der Waals surface area contributed by atoms with E-state index in [4.69, 9.17) is 23.2 Å². The highest BCUT2D eigenvalue weighted by Crippen LogP contribution is 2.24. The molecule has 9 heteroatoms. The zero-order valence-electron chi connectivity index (χ0n) is 16.1. The molecule has 4 aromatic rings. The van der Waals surface area contributed by atoms with E-state index in [1.807, 2.05) is 48.7 Å². The molecule has 2 aromatic carbocycles. The summed E-state index contributed by atoms with van der Waals surface area (Å²) in [6, 6.07) is 13.3. The lowest BCUT2D eigenvalue weighted by atomic mass is 9.95. The molecule has 4 rings (SSSR count). The Kier molecular flexibility index (Phi) is 6.30.